The van der Waals surface area contributed by atoms with Gasteiger partial charge in [-0.2, -0.15) is 5.26 Å². The highest BCUT2D eigenvalue weighted by Gasteiger charge is 2.06. The van der Waals surface area contributed by atoms with Gasteiger partial charge < -0.3 is 15.4 Å². The van der Waals surface area contributed by atoms with Crippen LogP contribution in [0.25, 0.3) is 0 Å². The Bertz CT molecular complexity index is 538. The summed E-state index contributed by atoms with van der Waals surface area (Å²) < 4.78 is 5.15. The molecule has 6 heteroatoms. The van der Waals surface area contributed by atoms with E-state index in [9.17, 15) is 4.79 Å². The van der Waals surface area contributed by atoms with Crippen LogP contribution in [0, 0.1) is 11.3 Å². The Labute approximate surface area is 129 Å². The Hall–Kier alpha value is -2.19. The molecule has 0 aliphatic carbocycles. The average Bonchev–Trinajstić information content (AvgIpc) is 2.52. The summed E-state index contributed by atoms with van der Waals surface area (Å²) in [6, 6.07) is 9.59. The smallest absolute Gasteiger partial charge is 0.263 e. The lowest BCUT2D eigenvalue weighted by Crippen LogP contribution is -2.27. The molecule has 0 heterocycles. The highest BCUT2D eigenvalue weighted by atomic mass is 35.5. The Morgan fingerprint density at radius 3 is 2.95 bits per heavy atom. The average molecular weight is 308 g/mol. The standard InChI is InChI=1S/C15H18ClN3O2/c1-21-14-4-2-3-12(9-14)5-7-18-11-13(10-17)15(20)19-8-6-16/h2-4,9,11,18H,5-8H2,1H3,(H,19,20)/b13-11-. The van der Waals surface area contributed by atoms with Crippen LogP contribution in [0.15, 0.2) is 36.0 Å². The summed E-state index contributed by atoms with van der Waals surface area (Å²) in [4.78, 5) is 11.6. The number of amides is 1. The minimum Gasteiger partial charge on any atom is -0.497 e. The van der Waals surface area contributed by atoms with Crippen LogP contribution < -0.4 is 15.4 Å². The Kier molecular flexibility index (Phi) is 7.77. The number of methoxy groups -OCH3 is 1. The molecule has 0 spiro atoms. The third kappa shape index (κ3) is 6.19. The van der Waals surface area contributed by atoms with Crippen LogP contribution in [0.4, 0.5) is 0 Å². The fourth-order valence-electron chi connectivity index (χ4n) is 1.62. The first-order valence-corrected chi connectivity index (χ1v) is 7.05. The van der Waals surface area contributed by atoms with Crippen LogP contribution in [0.1, 0.15) is 5.56 Å². The van der Waals surface area contributed by atoms with Crippen molar-refractivity contribution >= 4 is 17.5 Å². The van der Waals surface area contributed by atoms with Crippen molar-refractivity contribution in [3.8, 4) is 11.8 Å². The zero-order valence-corrected chi connectivity index (χ0v) is 12.6. The van der Waals surface area contributed by atoms with Crippen molar-refractivity contribution in [1.82, 2.24) is 10.6 Å². The number of nitriles is 1. The molecular weight excluding hydrogens is 290 g/mol. The molecule has 1 amide bonds. The van der Waals surface area contributed by atoms with E-state index in [2.05, 4.69) is 10.6 Å². The first-order chi connectivity index (χ1) is 10.2. The number of nitrogens with one attached hydrogen (secondary N) is 2. The van der Waals surface area contributed by atoms with E-state index in [0.717, 1.165) is 17.7 Å². The minimum absolute atomic E-state index is 0.0331. The molecule has 0 bridgehead atoms. The molecule has 1 aromatic carbocycles. The van der Waals surface area contributed by atoms with Crippen molar-refractivity contribution in [2.45, 2.75) is 6.42 Å². The minimum atomic E-state index is -0.424. The molecule has 0 aromatic heterocycles. The van der Waals surface area contributed by atoms with Gasteiger partial charge in [-0.3, -0.25) is 4.79 Å². The predicted molar refractivity (Wildman–Crippen MR) is 82.1 cm³/mol. The van der Waals surface area contributed by atoms with E-state index >= 15 is 0 Å². The molecule has 1 rings (SSSR count). The summed E-state index contributed by atoms with van der Waals surface area (Å²) in [7, 11) is 1.62. The summed E-state index contributed by atoms with van der Waals surface area (Å²) in [5.41, 5.74) is 1.14. The number of nitrogens with zero attached hydrogens (tertiary/aromatic N) is 1. The van der Waals surface area contributed by atoms with Gasteiger partial charge in [0.1, 0.15) is 17.4 Å². The van der Waals surface area contributed by atoms with Crippen molar-refractivity contribution in [1.29, 1.82) is 5.26 Å². The fraction of sp³-hybridized carbons (Fsp3) is 0.333. The number of benzene rings is 1. The highest BCUT2D eigenvalue weighted by Crippen LogP contribution is 2.12. The zero-order chi connectivity index (χ0) is 15.5. The van der Waals surface area contributed by atoms with Gasteiger partial charge in [-0.25, -0.2) is 0 Å². The maximum absolute atomic E-state index is 11.6. The molecular formula is C15H18ClN3O2. The van der Waals surface area contributed by atoms with E-state index < -0.39 is 5.91 Å². The molecule has 0 aliphatic rings. The van der Waals surface area contributed by atoms with Crippen LogP contribution in [-0.4, -0.2) is 32.0 Å². The zero-order valence-electron chi connectivity index (χ0n) is 11.9. The van der Waals surface area contributed by atoms with E-state index in [-0.39, 0.29) is 5.57 Å². The van der Waals surface area contributed by atoms with Crippen molar-refractivity contribution in [3.63, 3.8) is 0 Å². The van der Waals surface area contributed by atoms with Crippen molar-refractivity contribution < 1.29 is 9.53 Å². The molecule has 0 aliphatic heterocycles. The van der Waals surface area contributed by atoms with Crippen molar-refractivity contribution in [2.24, 2.45) is 0 Å². The van der Waals surface area contributed by atoms with Gasteiger partial charge in [0, 0.05) is 25.2 Å². The van der Waals surface area contributed by atoms with Gasteiger partial charge in [0.25, 0.3) is 5.91 Å². The fourth-order valence-corrected chi connectivity index (χ4v) is 1.72. The molecule has 0 saturated carbocycles. The summed E-state index contributed by atoms with van der Waals surface area (Å²) in [5, 5.41) is 14.4. The van der Waals surface area contributed by atoms with E-state index in [1.54, 1.807) is 7.11 Å². The van der Waals surface area contributed by atoms with E-state index in [0.29, 0.717) is 19.0 Å². The first kappa shape index (κ1) is 16.9. The molecule has 0 atom stereocenters. The first-order valence-electron chi connectivity index (χ1n) is 6.52. The van der Waals surface area contributed by atoms with Crippen molar-refractivity contribution in [2.75, 3.05) is 26.1 Å². The Balaban J connectivity index is 2.45. The number of carbonyl (C=O) groups excluding carboxylic acids is 1. The van der Waals surface area contributed by atoms with E-state index in [4.69, 9.17) is 21.6 Å². The normalized spacial score (nSPS) is 10.6. The van der Waals surface area contributed by atoms with Crippen LogP contribution in [0.5, 0.6) is 5.75 Å². The molecule has 0 radical (unpaired) electrons. The summed E-state index contributed by atoms with van der Waals surface area (Å²) in [6.45, 7) is 0.949. The quantitative estimate of drug-likeness (QED) is 0.331. The van der Waals surface area contributed by atoms with Crippen LogP contribution >= 0.6 is 11.6 Å². The molecule has 112 valence electrons. The monoisotopic (exact) mass is 307 g/mol. The van der Waals surface area contributed by atoms with Gasteiger partial charge in [-0.15, -0.1) is 11.6 Å². The maximum Gasteiger partial charge on any atom is 0.263 e. The molecule has 21 heavy (non-hydrogen) atoms. The third-order valence-electron chi connectivity index (χ3n) is 2.68. The number of carbonyl (C=O) groups is 1. The van der Waals surface area contributed by atoms with Gasteiger partial charge in [0.05, 0.1) is 7.11 Å². The second-order valence-electron chi connectivity index (χ2n) is 4.17. The van der Waals surface area contributed by atoms with Crippen LogP contribution in [-0.2, 0) is 11.2 Å². The maximum atomic E-state index is 11.6. The van der Waals surface area contributed by atoms with E-state index in [1.807, 2.05) is 30.3 Å². The molecule has 0 saturated heterocycles. The number of halogens is 1. The summed E-state index contributed by atoms with van der Waals surface area (Å²) in [6.07, 6.45) is 2.18. The SMILES string of the molecule is COc1cccc(CCN/C=C(/C#N)C(=O)NCCCl)c1. The van der Waals surface area contributed by atoms with Crippen LogP contribution in [0.2, 0.25) is 0 Å². The van der Waals surface area contributed by atoms with Gasteiger partial charge >= 0.3 is 0 Å². The second-order valence-corrected chi connectivity index (χ2v) is 4.55. The number of rotatable bonds is 8. The van der Waals surface area contributed by atoms with Crippen LogP contribution in [0.3, 0.4) is 0 Å². The van der Waals surface area contributed by atoms with E-state index in [1.165, 1.54) is 6.20 Å². The third-order valence-corrected chi connectivity index (χ3v) is 2.87. The molecule has 1 aromatic rings. The molecule has 2 N–H and O–H groups in total. The Morgan fingerprint density at radius 2 is 2.29 bits per heavy atom. The summed E-state index contributed by atoms with van der Waals surface area (Å²) >= 11 is 5.47. The topological polar surface area (TPSA) is 74.1 Å². The second kappa shape index (κ2) is 9.67. The highest BCUT2D eigenvalue weighted by molar-refractivity contribution is 6.18. The lowest BCUT2D eigenvalue weighted by Gasteiger charge is -2.05. The van der Waals surface area contributed by atoms with Gasteiger partial charge in [0.15, 0.2) is 0 Å². The number of ether oxygens (including phenoxy) is 1. The summed E-state index contributed by atoms with van der Waals surface area (Å²) in [5.74, 6) is 0.696. The largest absolute Gasteiger partial charge is 0.497 e. The van der Waals surface area contributed by atoms with Crippen molar-refractivity contribution in [3.05, 3.63) is 41.6 Å². The molecule has 0 unspecified atom stereocenters. The van der Waals surface area contributed by atoms with Gasteiger partial charge in [0.2, 0.25) is 0 Å². The number of alkyl halides is 1. The number of hydrogen-bond acceptors (Lipinski definition) is 4. The lowest BCUT2D eigenvalue weighted by molar-refractivity contribution is -0.117. The number of hydrogen-bond donors (Lipinski definition) is 2. The Morgan fingerprint density at radius 1 is 1.48 bits per heavy atom. The lowest BCUT2D eigenvalue weighted by atomic mass is 10.1. The molecule has 0 fully saturated rings. The van der Waals surface area contributed by atoms with Gasteiger partial charge in [-0.05, 0) is 24.1 Å². The predicted octanol–water partition coefficient (Wildman–Crippen LogP) is 1.59. The molecule has 5 nitrogen and oxygen atoms in total. The van der Waals surface area contributed by atoms with Gasteiger partial charge in [-0.1, -0.05) is 12.1 Å².